The summed E-state index contributed by atoms with van der Waals surface area (Å²) in [6.07, 6.45) is 3.33. The number of nitrogens with zero attached hydrogens (tertiary/aromatic N) is 1. The molecule has 120 valence electrons. The highest BCUT2D eigenvalue weighted by molar-refractivity contribution is 5.77. The Kier molecular flexibility index (Phi) is 4.57. The number of benzene rings is 1. The number of anilines is 1. The fourth-order valence-corrected chi connectivity index (χ4v) is 3.31. The first-order valence-electron chi connectivity index (χ1n) is 7.85. The second-order valence-corrected chi connectivity index (χ2v) is 6.07. The van der Waals surface area contributed by atoms with Crippen LogP contribution in [-0.2, 0) is 4.79 Å². The van der Waals surface area contributed by atoms with E-state index in [1.54, 1.807) is 4.90 Å². The van der Waals surface area contributed by atoms with E-state index in [2.05, 4.69) is 10.6 Å². The number of hydrogen-bond donors (Lipinski definition) is 2. The fraction of sp³-hybridized carbons (Fsp3) is 0.562. The monoisotopic (exact) mass is 309 g/mol. The summed E-state index contributed by atoms with van der Waals surface area (Å²) in [5, 5.41) is 6.27. The molecule has 2 heterocycles. The van der Waals surface area contributed by atoms with Crippen molar-refractivity contribution in [3.63, 3.8) is 0 Å². The van der Waals surface area contributed by atoms with E-state index >= 15 is 0 Å². The Morgan fingerprint density at radius 2 is 2.09 bits per heavy atom. The molecule has 0 saturated carbocycles. The number of nitrogens with one attached hydrogen (secondary N) is 2. The van der Waals surface area contributed by atoms with E-state index in [0.29, 0.717) is 25.9 Å². The summed E-state index contributed by atoms with van der Waals surface area (Å²) in [7, 11) is 0. The van der Waals surface area contributed by atoms with Gasteiger partial charge in [0.25, 0.3) is 0 Å². The molecule has 2 atom stereocenters. The average Bonchev–Trinajstić information content (AvgIpc) is 3.11. The zero-order chi connectivity index (χ0) is 15.5. The van der Waals surface area contributed by atoms with Crippen molar-refractivity contribution in [2.45, 2.75) is 37.8 Å². The van der Waals surface area contributed by atoms with E-state index in [0.717, 1.165) is 19.4 Å². The molecule has 1 aromatic rings. The van der Waals surface area contributed by atoms with Gasteiger partial charge in [-0.3, -0.25) is 4.79 Å². The van der Waals surface area contributed by atoms with Crippen molar-refractivity contribution in [1.29, 1.82) is 0 Å². The number of carbonyl (C=O) groups is 1. The molecule has 6 heteroatoms. The van der Waals surface area contributed by atoms with Gasteiger partial charge in [0, 0.05) is 31.6 Å². The van der Waals surface area contributed by atoms with Crippen molar-refractivity contribution in [1.82, 2.24) is 10.6 Å². The van der Waals surface area contributed by atoms with Crippen LogP contribution in [0.25, 0.3) is 0 Å². The van der Waals surface area contributed by atoms with Crippen LogP contribution in [0.15, 0.2) is 18.2 Å². The molecule has 0 bridgehead atoms. The summed E-state index contributed by atoms with van der Waals surface area (Å²) >= 11 is 0. The van der Waals surface area contributed by atoms with Gasteiger partial charge >= 0.3 is 0 Å². The summed E-state index contributed by atoms with van der Waals surface area (Å²) in [6, 6.07) is 4.10. The van der Waals surface area contributed by atoms with Gasteiger partial charge in [0.2, 0.25) is 5.91 Å². The van der Waals surface area contributed by atoms with Gasteiger partial charge in [-0.1, -0.05) is 6.07 Å². The van der Waals surface area contributed by atoms with Crippen LogP contribution in [0.4, 0.5) is 14.5 Å². The molecule has 3 rings (SSSR count). The first-order valence-corrected chi connectivity index (χ1v) is 7.85. The van der Waals surface area contributed by atoms with Gasteiger partial charge in [-0.25, -0.2) is 8.78 Å². The van der Waals surface area contributed by atoms with Crippen molar-refractivity contribution in [3.8, 4) is 0 Å². The third-order valence-corrected chi connectivity index (χ3v) is 4.40. The van der Waals surface area contributed by atoms with Gasteiger partial charge in [0.15, 0.2) is 0 Å². The van der Waals surface area contributed by atoms with Crippen LogP contribution in [0.5, 0.6) is 0 Å². The summed E-state index contributed by atoms with van der Waals surface area (Å²) < 4.78 is 27.6. The molecule has 2 fully saturated rings. The predicted molar refractivity (Wildman–Crippen MR) is 80.8 cm³/mol. The number of para-hydroxylation sites is 1. The molecule has 1 amide bonds. The van der Waals surface area contributed by atoms with Crippen LogP contribution in [0, 0.1) is 11.6 Å². The molecule has 2 aliphatic heterocycles. The number of halogens is 2. The smallest absolute Gasteiger partial charge is 0.221 e. The first-order chi connectivity index (χ1) is 10.6. The number of rotatable bonds is 4. The van der Waals surface area contributed by atoms with Crippen LogP contribution >= 0.6 is 0 Å². The molecule has 4 nitrogen and oxygen atoms in total. The molecule has 0 spiro atoms. The molecule has 1 aromatic carbocycles. The standard InChI is InChI=1S/C16H21F2N3O/c17-13-4-1-5-14(18)16(13)21-8-6-12(10-21)20-15(22)9-11-3-2-7-19-11/h1,4-5,11-12,19H,2-3,6-10H2,(H,20,22). The van der Waals surface area contributed by atoms with Crippen LogP contribution in [0.2, 0.25) is 0 Å². The molecule has 2 saturated heterocycles. The van der Waals surface area contributed by atoms with Crippen molar-refractivity contribution in [3.05, 3.63) is 29.8 Å². The van der Waals surface area contributed by atoms with Gasteiger partial charge in [0.05, 0.1) is 0 Å². The van der Waals surface area contributed by atoms with Gasteiger partial charge in [-0.2, -0.15) is 0 Å². The Hall–Kier alpha value is -1.69. The maximum atomic E-state index is 13.8. The Morgan fingerprint density at radius 3 is 2.77 bits per heavy atom. The van der Waals surface area contributed by atoms with Gasteiger partial charge in [0.1, 0.15) is 17.3 Å². The highest BCUT2D eigenvalue weighted by Crippen LogP contribution is 2.26. The van der Waals surface area contributed by atoms with Crippen molar-refractivity contribution in [2.24, 2.45) is 0 Å². The Bertz CT molecular complexity index is 526. The quantitative estimate of drug-likeness (QED) is 0.891. The molecule has 0 radical (unpaired) electrons. The molecule has 2 N–H and O–H groups in total. The van der Waals surface area contributed by atoms with Gasteiger partial charge in [-0.15, -0.1) is 0 Å². The molecule has 22 heavy (non-hydrogen) atoms. The van der Waals surface area contributed by atoms with E-state index in [1.807, 2.05) is 0 Å². The first kappa shape index (κ1) is 15.2. The minimum atomic E-state index is -0.554. The van der Waals surface area contributed by atoms with Crippen LogP contribution in [0.3, 0.4) is 0 Å². The maximum absolute atomic E-state index is 13.8. The lowest BCUT2D eigenvalue weighted by molar-refractivity contribution is -0.122. The molecule has 2 aliphatic rings. The molecule has 0 aromatic heterocycles. The van der Waals surface area contributed by atoms with Crippen molar-refractivity contribution in [2.75, 3.05) is 24.5 Å². The minimum Gasteiger partial charge on any atom is -0.365 e. The maximum Gasteiger partial charge on any atom is 0.221 e. The van der Waals surface area contributed by atoms with Crippen LogP contribution in [0.1, 0.15) is 25.7 Å². The molecule has 0 aliphatic carbocycles. The van der Waals surface area contributed by atoms with E-state index in [4.69, 9.17) is 0 Å². The Balaban J connectivity index is 1.54. The van der Waals surface area contributed by atoms with E-state index in [1.165, 1.54) is 18.2 Å². The topological polar surface area (TPSA) is 44.4 Å². The fourth-order valence-electron chi connectivity index (χ4n) is 3.31. The van der Waals surface area contributed by atoms with Crippen molar-refractivity contribution < 1.29 is 13.6 Å². The van der Waals surface area contributed by atoms with Gasteiger partial charge in [-0.05, 0) is 37.9 Å². The second kappa shape index (κ2) is 6.60. The highest BCUT2D eigenvalue weighted by atomic mass is 19.1. The van der Waals surface area contributed by atoms with E-state index < -0.39 is 11.6 Å². The number of hydrogen-bond acceptors (Lipinski definition) is 3. The predicted octanol–water partition coefficient (Wildman–Crippen LogP) is 1.80. The largest absolute Gasteiger partial charge is 0.365 e. The summed E-state index contributed by atoms with van der Waals surface area (Å²) in [4.78, 5) is 13.7. The van der Waals surface area contributed by atoms with Crippen LogP contribution in [-0.4, -0.2) is 37.6 Å². The van der Waals surface area contributed by atoms with Crippen molar-refractivity contribution >= 4 is 11.6 Å². The lowest BCUT2D eigenvalue weighted by Gasteiger charge is -2.20. The number of carbonyl (C=O) groups excluding carboxylic acids is 1. The SMILES string of the molecule is O=C(CC1CCCN1)NC1CCN(c2c(F)cccc2F)C1. The normalized spacial score (nSPS) is 24.7. The lowest BCUT2D eigenvalue weighted by Crippen LogP contribution is -2.40. The summed E-state index contributed by atoms with van der Waals surface area (Å²) in [5.74, 6) is -1.09. The Morgan fingerprint density at radius 1 is 1.32 bits per heavy atom. The molecule has 2 unspecified atom stereocenters. The lowest BCUT2D eigenvalue weighted by atomic mass is 10.1. The second-order valence-electron chi connectivity index (χ2n) is 6.07. The average molecular weight is 309 g/mol. The highest BCUT2D eigenvalue weighted by Gasteiger charge is 2.28. The third kappa shape index (κ3) is 3.38. The van der Waals surface area contributed by atoms with E-state index in [-0.39, 0.29) is 23.7 Å². The minimum absolute atomic E-state index is 0.0108. The Labute approximate surface area is 128 Å². The zero-order valence-electron chi connectivity index (χ0n) is 12.4. The number of amides is 1. The van der Waals surface area contributed by atoms with E-state index in [9.17, 15) is 13.6 Å². The summed E-state index contributed by atoms with van der Waals surface area (Å²) in [6.45, 7) is 1.97. The van der Waals surface area contributed by atoms with Gasteiger partial charge < -0.3 is 15.5 Å². The third-order valence-electron chi connectivity index (χ3n) is 4.40. The van der Waals surface area contributed by atoms with Crippen LogP contribution < -0.4 is 15.5 Å². The molecular weight excluding hydrogens is 288 g/mol. The summed E-state index contributed by atoms with van der Waals surface area (Å²) in [5.41, 5.74) is 0.0108. The molecular formula is C16H21F2N3O. The zero-order valence-corrected chi connectivity index (χ0v) is 12.4.